The Bertz CT molecular complexity index is 329. The fraction of sp³-hybridized carbons (Fsp3) is 1.00. The van der Waals surface area contributed by atoms with Crippen molar-refractivity contribution in [3.8, 4) is 0 Å². The zero-order valence-electron chi connectivity index (χ0n) is 18.1. The average molecular weight is 372 g/mol. The van der Waals surface area contributed by atoms with Crippen molar-refractivity contribution in [2.75, 3.05) is 92.7 Å². The van der Waals surface area contributed by atoms with Crippen molar-refractivity contribution in [2.24, 2.45) is 0 Å². The normalized spacial score (nSPS) is 21.5. The molecule has 2 rings (SSSR count). The van der Waals surface area contributed by atoms with Crippen LogP contribution in [-0.4, -0.2) is 123 Å². The van der Waals surface area contributed by atoms with E-state index in [2.05, 4.69) is 59.8 Å². The number of piperazine rings is 2. The molecule has 0 spiro atoms. The van der Waals surface area contributed by atoms with Crippen molar-refractivity contribution in [3.05, 3.63) is 0 Å². The molecule has 2 heterocycles. The lowest BCUT2D eigenvalue weighted by Crippen LogP contribution is -2.45. The monoisotopic (exact) mass is 371 g/mol. The van der Waals surface area contributed by atoms with Gasteiger partial charge in [-0.25, -0.2) is 0 Å². The van der Waals surface area contributed by atoms with Gasteiger partial charge in [0.25, 0.3) is 0 Å². The van der Waals surface area contributed by atoms with Crippen LogP contribution in [0.1, 0.15) is 33.6 Å². The quantitative estimate of drug-likeness (QED) is 0.640. The molecule has 156 valence electrons. The molecule has 26 heavy (non-hydrogen) atoms. The van der Waals surface area contributed by atoms with E-state index in [4.69, 9.17) is 5.11 Å². The van der Waals surface area contributed by atoms with E-state index in [1.54, 1.807) is 0 Å². The second kappa shape index (κ2) is 13.0. The van der Waals surface area contributed by atoms with Gasteiger partial charge in [0.2, 0.25) is 0 Å². The first kappa shape index (κ1) is 23.8. The van der Waals surface area contributed by atoms with Gasteiger partial charge in [0, 0.05) is 71.0 Å². The van der Waals surface area contributed by atoms with Gasteiger partial charge in [0.1, 0.15) is 0 Å². The minimum absolute atomic E-state index is 0.266. The van der Waals surface area contributed by atoms with Crippen LogP contribution in [0.25, 0.3) is 0 Å². The van der Waals surface area contributed by atoms with Crippen LogP contribution in [0.2, 0.25) is 0 Å². The standard InChI is InChI=1S/C12H27N3.C8H18N2O/c1-12(2,3)13-6-5-7-15-10-8-14(4)9-11-15;1-9-4-6-10(7-5-9)3-2-8-11/h13H,5-11H2,1-4H3;11H,2-8H2,1H3. The van der Waals surface area contributed by atoms with Gasteiger partial charge in [0.05, 0.1) is 0 Å². The van der Waals surface area contributed by atoms with Crippen molar-refractivity contribution < 1.29 is 5.11 Å². The number of likely N-dealkylation sites (N-methyl/N-ethyl adjacent to an activating group) is 2. The van der Waals surface area contributed by atoms with Crippen molar-refractivity contribution >= 4 is 0 Å². The van der Waals surface area contributed by atoms with Gasteiger partial charge in [-0.2, -0.15) is 0 Å². The molecule has 0 unspecified atom stereocenters. The van der Waals surface area contributed by atoms with Gasteiger partial charge >= 0.3 is 0 Å². The Hall–Kier alpha value is -0.240. The topological polar surface area (TPSA) is 45.2 Å². The molecule has 2 fully saturated rings. The third kappa shape index (κ3) is 12.2. The first-order valence-corrected chi connectivity index (χ1v) is 10.5. The highest BCUT2D eigenvalue weighted by Gasteiger charge is 2.14. The molecule has 2 N–H and O–H groups in total. The zero-order valence-corrected chi connectivity index (χ0v) is 18.1. The van der Waals surface area contributed by atoms with Crippen molar-refractivity contribution in [3.63, 3.8) is 0 Å². The molecule has 0 aromatic heterocycles. The Kier molecular flexibility index (Phi) is 11.9. The zero-order chi connectivity index (χ0) is 19.4. The predicted molar refractivity (Wildman–Crippen MR) is 112 cm³/mol. The summed E-state index contributed by atoms with van der Waals surface area (Å²) < 4.78 is 0. The molecule has 2 saturated heterocycles. The third-order valence-corrected chi connectivity index (χ3v) is 5.13. The lowest BCUT2D eigenvalue weighted by molar-refractivity contribution is 0.143. The largest absolute Gasteiger partial charge is 0.396 e. The molecule has 2 aliphatic rings. The number of aliphatic hydroxyl groups is 1. The SMILES string of the molecule is CN1CCN(CCCNC(C)(C)C)CC1.CN1CCN(CCCO)CC1. The molecule has 0 aromatic rings. The molecule has 0 radical (unpaired) electrons. The van der Waals surface area contributed by atoms with E-state index in [1.165, 1.54) is 52.2 Å². The fourth-order valence-electron chi connectivity index (χ4n) is 3.20. The molecular weight excluding hydrogens is 326 g/mol. The summed E-state index contributed by atoms with van der Waals surface area (Å²) in [5.41, 5.74) is 0.266. The molecule has 0 amide bonds. The first-order chi connectivity index (χ1) is 12.3. The number of aliphatic hydroxyl groups excluding tert-OH is 1. The molecule has 0 bridgehead atoms. The Morgan fingerprint density at radius 2 is 1.15 bits per heavy atom. The number of hydrogen-bond acceptors (Lipinski definition) is 6. The molecule has 0 aliphatic carbocycles. The van der Waals surface area contributed by atoms with E-state index in [9.17, 15) is 0 Å². The van der Waals surface area contributed by atoms with E-state index in [-0.39, 0.29) is 5.54 Å². The van der Waals surface area contributed by atoms with Gasteiger partial charge in [0.15, 0.2) is 0 Å². The smallest absolute Gasteiger partial charge is 0.0443 e. The van der Waals surface area contributed by atoms with Gasteiger partial charge < -0.3 is 30.0 Å². The average Bonchev–Trinajstić information content (AvgIpc) is 2.60. The molecule has 2 aliphatic heterocycles. The third-order valence-electron chi connectivity index (χ3n) is 5.13. The lowest BCUT2D eigenvalue weighted by Gasteiger charge is -2.32. The van der Waals surface area contributed by atoms with Gasteiger partial charge in [-0.05, 0) is 60.8 Å². The van der Waals surface area contributed by atoms with E-state index < -0.39 is 0 Å². The van der Waals surface area contributed by atoms with Crippen LogP contribution >= 0.6 is 0 Å². The minimum Gasteiger partial charge on any atom is -0.396 e. The van der Waals surface area contributed by atoms with Crippen LogP contribution in [0, 0.1) is 0 Å². The summed E-state index contributed by atoms with van der Waals surface area (Å²) in [5.74, 6) is 0. The lowest BCUT2D eigenvalue weighted by atomic mass is 10.1. The van der Waals surface area contributed by atoms with Crippen LogP contribution in [0.15, 0.2) is 0 Å². The molecule has 6 heteroatoms. The molecule has 0 aromatic carbocycles. The van der Waals surface area contributed by atoms with Crippen LogP contribution in [0.4, 0.5) is 0 Å². The first-order valence-electron chi connectivity index (χ1n) is 10.5. The highest BCUT2D eigenvalue weighted by atomic mass is 16.3. The Morgan fingerprint density at radius 1 is 0.731 bits per heavy atom. The highest BCUT2D eigenvalue weighted by molar-refractivity contribution is 4.72. The summed E-state index contributed by atoms with van der Waals surface area (Å²) in [6, 6.07) is 0. The minimum atomic E-state index is 0.266. The molecule has 0 atom stereocenters. The van der Waals surface area contributed by atoms with E-state index in [1.807, 2.05) is 0 Å². The van der Waals surface area contributed by atoms with Gasteiger partial charge in [-0.3, -0.25) is 0 Å². The van der Waals surface area contributed by atoms with Crippen LogP contribution in [-0.2, 0) is 0 Å². The maximum atomic E-state index is 8.61. The summed E-state index contributed by atoms with van der Waals surface area (Å²) in [6.07, 6.45) is 2.19. The van der Waals surface area contributed by atoms with Crippen molar-refractivity contribution in [1.82, 2.24) is 24.9 Å². The Labute approximate surface area is 162 Å². The Balaban J connectivity index is 0.000000273. The van der Waals surface area contributed by atoms with Gasteiger partial charge in [-0.1, -0.05) is 0 Å². The number of rotatable bonds is 7. The Morgan fingerprint density at radius 3 is 1.54 bits per heavy atom. The summed E-state index contributed by atoms with van der Waals surface area (Å²) in [5, 5.41) is 12.1. The van der Waals surface area contributed by atoms with Crippen molar-refractivity contribution in [1.29, 1.82) is 0 Å². The number of nitrogens with zero attached hydrogens (tertiary/aromatic N) is 4. The predicted octanol–water partition coefficient (Wildman–Crippen LogP) is 0.628. The molecule has 0 saturated carbocycles. The van der Waals surface area contributed by atoms with E-state index in [0.717, 1.165) is 32.6 Å². The van der Waals surface area contributed by atoms with Crippen molar-refractivity contribution in [2.45, 2.75) is 39.2 Å². The summed E-state index contributed by atoms with van der Waals surface area (Å²) in [4.78, 5) is 9.74. The van der Waals surface area contributed by atoms with E-state index in [0.29, 0.717) is 6.61 Å². The summed E-state index contributed by atoms with van der Waals surface area (Å²) >= 11 is 0. The second-order valence-corrected chi connectivity index (χ2v) is 8.90. The fourth-order valence-corrected chi connectivity index (χ4v) is 3.20. The number of hydrogen-bond donors (Lipinski definition) is 2. The molecular formula is C20H45N5O. The second-order valence-electron chi connectivity index (χ2n) is 8.90. The summed E-state index contributed by atoms with van der Waals surface area (Å²) in [7, 11) is 4.36. The van der Waals surface area contributed by atoms with Crippen LogP contribution in [0.3, 0.4) is 0 Å². The molecule has 6 nitrogen and oxygen atoms in total. The summed E-state index contributed by atoms with van der Waals surface area (Å²) in [6.45, 7) is 20.1. The highest BCUT2D eigenvalue weighted by Crippen LogP contribution is 2.02. The maximum Gasteiger partial charge on any atom is 0.0443 e. The van der Waals surface area contributed by atoms with Gasteiger partial charge in [-0.15, -0.1) is 0 Å². The van der Waals surface area contributed by atoms with Crippen LogP contribution < -0.4 is 5.32 Å². The van der Waals surface area contributed by atoms with Crippen LogP contribution in [0.5, 0.6) is 0 Å². The van der Waals surface area contributed by atoms with E-state index >= 15 is 0 Å². The maximum absolute atomic E-state index is 8.61. The number of nitrogens with one attached hydrogen (secondary N) is 1.